The normalized spacial score (nSPS) is 16.8. The highest BCUT2D eigenvalue weighted by Gasteiger charge is 2.24. The average Bonchev–Trinajstić information content (AvgIpc) is 3.12. The number of aryl methyl sites for hydroxylation is 1. The number of carbonyl (C=O) groups excluding carboxylic acids is 2. The summed E-state index contributed by atoms with van der Waals surface area (Å²) in [5.74, 6) is 0.890. The molecule has 1 unspecified atom stereocenters. The molecule has 8 nitrogen and oxygen atoms in total. The zero-order valence-corrected chi connectivity index (χ0v) is 16.8. The lowest BCUT2D eigenvalue weighted by Crippen LogP contribution is -2.44. The van der Waals surface area contributed by atoms with E-state index in [0.29, 0.717) is 24.7 Å². The van der Waals surface area contributed by atoms with Crippen LogP contribution in [-0.4, -0.2) is 57.3 Å². The molecule has 2 amide bonds. The third kappa shape index (κ3) is 5.72. The van der Waals surface area contributed by atoms with E-state index in [2.05, 4.69) is 20.5 Å². The lowest BCUT2D eigenvalue weighted by Gasteiger charge is -2.32. The summed E-state index contributed by atoms with van der Waals surface area (Å²) >= 11 is 1.27. The van der Waals surface area contributed by atoms with Gasteiger partial charge in [-0.25, -0.2) is 5.10 Å². The van der Waals surface area contributed by atoms with Crippen molar-refractivity contribution in [1.82, 2.24) is 25.4 Å². The Morgan fingerprint density at radius 1 is 1.39 bits per heavy atom. The van der Waals surface area contributed by atoms with E-state index < -0.39 is 0 Å². The molecule has 1 fully saturated rings. The van der Waals surface area contributed by atoms with Crippen molar-refractivity contribution in [2.75, 3.05) is 31.1 Å². The number of hydrogen-bond donors (Lipinski definition) is 3. The maximum atomic E-state index is 12.5. The Hall–Kier alpha value is -2.55. The minimum absolute atomic E-state index is 0.0236. The zero-order valence-electron chi connectivity index (χ0n) is 16.0. The van der Waals surface area contributed by atoms with E-state index in [-0.39, 0.29) is 29.4 Å². The molecule has 3 rings (SSSR count). The van der Waals surface area contributed by atoms with Crippen molar-refractivity contribution >= 4 is 29.5 Å². The van der Waals surface area contributed by atoms with Gasteiger partial charge in [0.15, 0.2) is 0 Å². The molecule has 150 valence electrons. The van der Waals surface area contributed by atoms with E-state index in [0.717, 1.165) is 30.5 Å². The summed E-state index contributed by atoms with van der Waals surface area (Å²) in [6, 6.07) is 7.92. The topological polar surface area (TPSA) is 117 Å². The number of H-pyrrole nitrogens is 1. The fraction of sp³-hybridized carbons (Fsp3) is 0.474. The summed E-state index contributed by atoms with van der Waals surface area (Å²) in [6.45, 7) is 4.03. The fourth-order valence-electron chi connectivity index (χ4n) is 3.30. The first kappa shape index (κ1) is 20.2. The van der Waals surface area contributed by atoms with Crippen LogP contribution in [0.4, 0.5) is 5.95 Å². The first-order valence-corrected chi connectivity index (χ1v) is 10.4. The molecule has 1 aliphatic heterocycles. The van der Waals surface area contributed by atoms with Crippen molar-refractivity contribution in [2.45, 2.75) is 31.3 Å². The number of amides is 2. The quantitative estimate of drug-likeness (QED) is 0.603. The summed E-state index contributed by atoms with van der Waals surface area (Å²) in [7, 11) is 0. The van der Waals surface area contributed by atoms with Gasteiger partial charge in [-0.3, -0.25) is 9.59 Å². The highest BCUT2D eigenvalue weighted by atomic mass is 32.2. The Kier molecular flexibility index (Phi) is 6.91. The third-order valence-electron chi connectivity index (χ3n) is 4.88. The third-order valence-corrected chi connectivity index (χ3v) is 5.71. The molecule has 1 aromatic carbocycles. The van der Waals surface area contributed by atoms with Crippen molar-refractivity contribution in [1.29, 1.82) is 0 Å². The summed E-state index contributed by atoms with van der Waals surface area (Å²) in [5, 5.41) is 9.98. The molecule has 0 radical (unpaired) electrons. The van der Waals surface area contributed by atoms with Gasteiger partial charge in [-0.15, -0.1) is 5.10 Å². The first-order valence-electron chi connectivity index (χ1n) is 9.41. The molecule has 0 aliphatic carbocycles. The number of piperidine rings is 1. The number of hydrogen-bond acceptors (Lipinski definition) is 6. The van der Waals surface area contributed by atoms with Gasteiger partial charge >= 0.3 is 0 Å². The van der Waals surface area contributed by atoms with E-state index in [1.54, 1.807) is 0 Å². The molecular weight excluding hydrogens is 376 g/mol. The smallest absolute Gasteiger partial charge is 0.233 e. The summed E-state index contributed by atoms with van der Waals surface area (Å²) < 4.78 is 0. The van der Waals surface area contributed by atoms with Gasteiger partial charge < -0.3 is 16.0 Å². The molecule has 4 N–H and O–H groups in total. The lowest BCUT2D eigenvalue weighted by atomic mass is 9.97. The van der Waals surface area contributed by atoms with Crippen molar-refractivity contribution in [3.05, 3.63) is 35.4 Å². The second-order valence-electron chi connectivity index (χ2n) is 7.05. The number of aromatic amines is 1. The number of likely N-dealkylation sites (tertiary alicyclic amines) is 1. The molecular formula is C19H26N6O2S. The number of benzene rings is 1. The molecule has 2 aromatic rings. The van der Waals surface area contributed by atoms with E-state index in [4.69, 9.17) is 5.73 Å². The summed E-state index contributed by atoms with van der Waals surface area (Å²) in [5.41, 5.74) is 7.66. The predicted octanol–water partition coefficient (Wildman–Crippen LogP) is 1.38. The predicted molar refractivity (Wildman–Crippen MR) is 109 cm³/mol. The molecule has 0 spiro atoms. The standard InChI is InChI=1S/C19H26N6O2S/c1-13-5-2-3-7-15(13)9-16(26)21-10-14-6-4-8-25(11-14)17(27)12-28-19-22-18(20)23-24-19/h2-3,5,7,14H,4,6,8-12H2,1H3,(H,21,26)(H3,20,22,23,24). The van der Waals surface area contributed by atoms with Gasteiger partial charge in [-0.1, -0.05) is 36.0 Å². The van der Waals surface area contributed by atoms with Crippen LogP contribution < -0.4 is 11.1 Å². The monoisotopic (exact) mass is 402 g/mol. The van der Waals surface area contributed by atoms with Crippen LogP contribution in [0.25, 0.3) is 0 Å². The molecule has 2 heterocycles. The van der Waals surface area contributed by atoms with Gasteiger partial charge in [0.05, 0.1) is 12.2 Å². The fourth-order valence-corrected chi connectivity index (χ4v) is 4.01. The van der Waals surface area contributed by atoms with Crippen LogP contribution >= 0.6 is 11.8 Å². The number of thioether (sulfide) groups is 1. The Morgan fingerprint density at radius 2 is 2.21 bits per heavy atom. The number of aromatic nitrogens is 3. The maximum absolute atomic E-state index is 12.5. The Labute approximate surface area is 168 Å². The van der Waals surface area contributed by atoms with E-state index >= 15 is 0 Å². The molecule has 28 heavy (non-hydrogen) atoms. The van der Waals surface area contributed by atoms with Gasteiger partial charge in [0.25, 0.3) is 0 Å². The number of nitrogen functional groups attached to an aromatic ring is 1. The van der Waals surface area contributed by atoms with Crippen molar-refractivity contribution in [2.24, 2.45) is 5.92 Å². The van der Waals surface area contributed by atoms with E-state index in [9.17, 15) is 9.59 Å². The number of rotatable bonds is 7. The molecule has 1 atom stereocenters. The molecule has 0 saturated carbocycles. The van der Waals surface area contributed by atoms with Gasteiger partial charge in [0.2, 0.25) is 22.9 Å². The second-order valence-corrected chi connectivity index (χ2v) is 7.99. The van der Waals surface area contributed by atoms with Crippen LogP contribution in [0.1, 0.15) is 24.0 Å². The summed E-state index contributed by atoms with van der Waals surface area (Å²) in [6.07, 6.45) is 2.35. The number of anilines is 1. The number of carbonyl (C=O) groups is 2. The highest BCUT2D eigenvalue weighted by molar-refractivity contribution is 7.99. The maximum Gasteiger partial charge on any atom is 0.233 e. The minimum Gasteiger partial charge on any atom is -0.368 e. The lowest BCUT2D eigenvalue weighted by molar-refractivity contribution is -0.130. The van der Waals surface area contributed by atoms with Crippen molar-refractivity contribution in [3.8, 4) is 0 Å². The molecule has 0 bridgehead atoms. The zero-order chi connectivity index (χ0) is 19.9. The Morgan fingerprint density at radius 3 is 2.96 bits per heavy atom. The van der Waals surface area contributed by atoms with Gasteiger partial charge in [-0.2, -0.15) is 4.98 Å². The van der Waals surface area contributed by atoms with Crippen LogP contribution in [0.2, 0.25) is 0 Å². The first-order chi connectivity index (χ1) is 13.5. The van der Waals surface area contributed by atoms with E-state index in [1.807, 2.05) is 36.1 Å². The van der Waals surface area contributed by atoms with Crippen LogP contribution in [0.15, 0.2) is 29.4 Å². The Balaban J connectivity index is 1.42. The highest BCUT2D eigenvalue weighted by Crippen LogP contribution is 2.19. The molecule has 1 aliphatic rings. The number of nitrogens with two attached hydrogens (primary N) is 1. The van der Waals surface area contributed by atoms with Gasteiger partial charge in [0, 0.05) is 19.6 Å². The average molecular weight is 403 g/mol. The SMILES string of the molecule is Cc1ccccc1CC(=O)NCC1CCCN(C(=O)CSc2n[nH]c(N)n2)C1. The van der Waals surface area contributed by atoms with Crippen LogP contribution in [-0.2, 0) is 16.0 Å². The number of nitrogens with one attached hydrogen (secondary N) is 2. The second kappa shape index (κ2) is 9.59. The summed E-state index contributed by atoms with van der Waals surface area (Å²) in [4.78, 5) is 30.6. The van der Waals surface area contributed by atoms with Crippen molar-refractivity contribution < 1.29 is 9.59 Å². The minimum atomic E-state index is 0.0236. The van der Waals surface area contributed by atoms with Crippen LogP contribution in [0, 0.1) is 12.8 Å². The van der Waals surface area contributed by atoms with Crippen LogP contribution in [0.5, 0.6) is 0 Å². The van der Waals surface area contributed by atoms with E-state index in [1.165, 1.54) is 11.8 Å². The molecule has 1 aromatic heterocycles. The Bertz CT molecular complexity index is 824. The largest absolute Gasteiger partial charge is 0.368 e. The van der Waals surface area contributed by atoms with Crippen molar-refractivity contribution in [3.63, 3.8) is 0 Å². The van der Waals surface area contributed by atoms with Gasteiger partial charge in [0.1, 0.15) is 0 Å². The van der Waals surface area contributed by atoms with Gasteiger partial charge in [-0.05, 0) is 36.8 Å². The molecule has 9 heteroatoms. The number of nitrogens with zero attached hydrogens (tertiary/aromatic N) is 3. The van der Waals surface area contributed by atoms with Crippen LogP contribution in [0.3, 0.4) is 0 Å². The molecule has 1 saturated heterocycles.